The van der Waals surface area contributed by atoms with Crippen molar-refractivity contribution in [3.8, 4) is 5.75 Å². The Morgan fingerprint density at radius 2 is 1.93 bits per heavy atom. The second-order valence-electron chi connectivity index (χ2n) is 11.7. The van der Waals surface area contributed by atoms with E-state index in [2.05, 4.69) is 10.6 Å². The number of anilines is 1. The van der Waals surface area contributed by atoms with Gasteiger partial charge in [-0.2, -0.15) is 0 Å². The summed E-state index contributed by atoms with van der Waals surface area (Å²) in [5, 5.41) is 5.07. The number of likely N-dealkylation sites (N-methyl/N-ethyl adjacent to an activating group) is 1. The van der Waals surface area contributed by atoms with E-state index < -0.39 is 64.9 Å². The Bertz CT molecular complexity index is 1200. The lowest BCUT2D eigenvalue weighted by atomic mass is 9.96. The topological polar surface area (TPSA) is 160 Å². The van der Waals surface area contributed by atoms with Gasteiger partial charge in [0, 0.05) is 19.5 Å². The van der Waals surface area contributed by atoms with Gasteiger partial charge in [-0.05, 0) is 52.2 Å². The van der Waals surface area contributed by atoms with Crippen molar-refractivity contribution in [3.05, 3.63) is 24.0 Å². The molecule has 40 heavy (non-hydrogen) atoms. The molecule has 0 saturated carbocycles. The molecule has 0 aliphatic carbocycles. The summed E-state index contributed by atoms with van der Waals surface area (Å²) in [4.78, 5) is 67.5. The van der Waals surface area contributed by atoms with Crippen LogP contribution in [0.4, 0.5) is 14.9 Å². The number of carbonyl (C=O) groups is 5. The van der Waals surface area contributed by atoms with Crippen molar-refractivity contribution in [2.45, 2.75) is 83.7 Å². The van der Waals surface area contributed by atoms with Gasteiger partial charge in [-0.25, -0.2) is 9.18 Å². The first-order chi connectivity index (χ1) is 18.4. The van der Waals surface area contributed by atoms with Gasteiger partial charge in [0.25, 0.3) is 5.91 Å². The first kappa shape index (κ1) is 30.6. The summed E-state index contributed by atoms with van der Waals surface area (Å²) in [6.07, 6.45) is -0.784. The number of hydrogen-bond donors (Lipinski definition) is 3. The summed E-state index contributed by atoms with van der Waals surface area (Å²) in [7, 11) is 1.43. The maximum Gasteiger partial charge on any atom is 0.408 e. The first-order valence-electron chi connectivity index (χ1n) is 13.1. The minimum Gasteiger partial charge on any atom is -0.473 e. The maximum atomic E-state index is 14.0. The predicted molar refractivity (Wildman–Crippen MR) is 143 cm³/mol. The highest BCUT2D eigenvalue weighted by molar-refractivity contribution is 6.03. The lowest BCUT2D eigenvalue weighted by molar-refractivity contribution is -0.148. The Kier molecular flexibility index (Phi) is 8.66. The van der Waals surface area contributed by atoms with Gasteiger partial charge in [0.15, 0.2) is 0 Å². The number of halogens is 1. The number of carbonyl (C=O) groups excluding carboxylic acids is 5. The third kappa shape index (κ3) is 6.62. The molecule has 3 rings (SSSR count). The molecule has 2 heterocycles. The van der Waals surface area contributed by atoms with E-state index in [1.807, 2.05) is 13.8 Å². The first-order valence-corrected chi connectivity index (χ1v) is 13.1. The van der Waals surface area contributed by atoms with Crippen molar-refractivity contribution in [3.63, 3.8) is 0 Å². The average Bonchev–Trinajstić information content (AvgIpc) is 3.21. The molecule has 0 aromatic heterocycles. The highest BCUT2D eigenvalue weighted by Crippen LogP contribution is 2.41. The SMILES string of the molecule is CC(C)CC(C(=O)N1C[C@@]2(C[C@H]1C(N)=O)Oc1ccc(F)cc1NC2=O)N(C)C(=O)[C@H](C)NC(=O)OC(C)(C)C. The molecule has 4 atom stereocenters. The zero-order chi connectivity index (χ0) is 30.2. The van der Waals surface area contributed by atoms with Crippen LogP contribution in [0.3, 0.4) is 0 Å². The summed E-state index contributed by atoms with van der Waals surface area (Å²) < 4.78 is 24.9. The molecule has 220 valence electrons. The van der Waals surface area contributed by atoms with Crippen LogP contribution in [0.1, 0.15) is 54.4 Å². The van der Waals surface area contributed by atoms with E-state index in [0.29, 0.717) is 0 Å². The van der Waals surface area contributed by atoms with Crippen molar-refractivity contribution in [1.82, 2.24) is 15.1 Å². The molecule has 1 saturated heterocycles. The third-order valence-corrected chi connectivity index (χ3v) is 6.74. The summed E-state index contributed by atoms with van der Waals surface area (Å²) >= 11 is 0. The fraction of sp³-hybridized carbons (Fsp3) is 0.593. The summed E-state index contributed by atoms with van der Waals surface area (Å²) in [6, 6.07) is 0.358. The van der Waals surface area contributed by atoms with Gasteiger partial charge in [-0.3, -0.25) is 19.2 Å². The lowest BCUT2D eigenvalue weighted by Gasteiger charge is -2.36. The van der Waals surface area contributed by atoms with E-state index in [1.54, 1.807) is 20.8 Å². The van der Waals surface area contributed by atoms with E-state index in [9.17, 15) is 28.4 Å². The second-order valence-corrected chi connectivity index (χ2v) is 11.7. The molecule has 12 nitrogen and oxygen atoms in total. The molecule has 0 radical (unpaired) electrons. The average molecular weight is 564 g/mol. The Hall–Kier alpha value is -3.90. The molecule has 5 amide bonds. The minimum absolute atomic E-state index is 0.0436. The Labute approximate surface area is 232 Å². The van der Waals surface area contributed by atoms with Gasteiger partial charge in [0.2, 0.25) is 23.3 Å². The molecule has 0 bridgehead atoms. The maximum absolute atomic E-state index is 14.0. The van der Waals surface area contributed by atoms with Crippen molar-refractivity contribution < 1.29 is 37.8 Å². The van der Waals surface area contributed by atoms with E-state index in [-0.39, 0.29) is 36.7 Å². The molecular formula is C27H38FN5O7. The molecule has 1 aromatic carbocycles. The number of alkyl carbamates (subject to hydrolysis) is 1. The normalized spacial score (nSPS) is 21.7. The minimum atomic E-state index is -1.64. The van der Waals surface area contributed by atoms with Crippen molar-refractivity contribution in [2.75, 3.05) is 18.9 Å². The zero-order valence-corrected chi connectivity index (χ0v) is 23.9. The van der Waals surface area contributed by atoms with Crippen molar-refractivity contribution >= 4 is 35.4 Å². The number of amides is 5. The van der Waals surface area contributed by atoms with Crippen molar-refractivity contribution in [2.24, 2.45) is 11.7 Å². The number of fused-ring (bicyclic) bond motifs is 1. The van der Waals surface area contributed by atoms with E-state index >= 15 is 0 Å². The summed E-state index contributed by atoms with van der Waals surface area (Å²) in [5.41, 5.74) is 3.37. The quantitative estimate of drug-likeness (QED) is 0.456. The number of nitrogens with two attached hydrogens (primary N) is 1. The van der Waals surface area contributed by atoms with Gasteiger partial charge in [0.1, 0.15) is 35.3 Å². The molecule has 1 spiro atoms. The van der Waals surface area contributed by atoms with Crippen LogP contribution >= 0.6 is 0 Å². The van der Waals surface area contributed by atoms with Crippen LogP contribution in [-0.2, 0) is 23.9 Å². The fourth-order valence-electron chi connectivity index (χ4n) is 4.85. The fourth-order valence-corrected chi connectivity index (χ4v) is 4.85. The standard InChI is InChI=1S/C27H38FN5O7/c1-14(2)10-18(32(7)22(35)15(3)30-25(38)40-26(4,5)6)23(36)33-13-27(12-19(33)21(29)34)24(37)31-17-11-16(28)8-9-20(17)39-27/h8-9,11,14-15,18-19H,10,12-13H2,1-7H3,(H2,29,34)(H,30,38)(H,31,37)/t15-,18?,19-,27+/m0/s1. The molecule has 1 unspecified atom stereocenters. The smallest absolute Gasteiger partial charge is 0.408 e. The molecule has 13 heteroatoms. The lowest BCUT2D eigenvalue weighted by Crippen LogP contribution is -2.57. The largest absolute Gasteiger partial charge is 0.473 e. The van der Waals surface area contributed by atoms with Gasteiger partial charge >= 0.3 is 6.09 Å². The Balaban J connectivity index is 1.86. The monoisotopic (exact) mass is 563 g/mol. The highest BCUT2D eigenvalue weighted by atomic mass is 19.1. The molecule has 2 aliphatic rings. The van der Waals surface area contributed by atoms with Crippen LogP contribution < -0.4 is 21.1 Å². The number of nitrogens with zero attached hydrogens (tertiary/aromatic N) is 2. The van der Waals surface area contributed by atoms with Crippen LogP contribution in [0.2, 0.25) is 0 Å². The van der Waals surface area contributed by atoms with Gasteiger partial charge < -0.3 is 35.6 Å². The Morgan fingerprint density at radius 3 is 2.50 bits per heavy atom. The van der Waals surface area contributed by atoms with E-state index in [4.69, 9.17) is 15.2 Å². The summed E-state index contributed by atoms with van der Waals surface area (Å²) in [6.45, 7) is 9.95. The van der Waals surface area contributed by atoms with Crippen LogP contribution in [-0.4, -0.2) is 82.4 Å². The third-order valence-electron chi connectivity index (χ3n) is 6.74. The van der Waals surface area contributed by atoms with Gasteiger partial charge in [-0.15, -0.1) is 0 Å². The van der Waals surface area contributed by atoms with Gasteiger partial charge in [0.05, 0.1) is 12.2 Å². The Morgan fingerprint density at radius 1 is 1.27 bits per heavy atom. The van der Waals surface area contributed by atoms with Crippen LogP contribution in [0.25, 0.3) is 0 Å². The zero-order valence-electron chi connectivity index (χ0n) is 23.9. The highest BCUT2D eigenvalue weighted by Gasteiger charge is 2.57. The van der Waals surface area contributed by atoms with Crippen molar-refractivity contribution in [1.29, 1.82) is 0 Å². The number of benzene rings is 1. The molecule has 4 N–H and O–H groups in total. The van der Waals surface area contributed by atoms with Gasteiger partial charge in [-0.1, -0.05) is 13.8 Å². The molecular weight excluding hydrogens is 525 g/mol. The second kappa shape index (κ2) is 11.3. The number of likely N-dealkylation sites (tertiary alicyclic amines) is 1. The number of nitrogens with one attached hydrogen (secondary N) is 2. The number of hydrogen-bond acceptors (Lipinski definition) is 7. The molecule has 1 aromatic rings. The van der Waals surface area contributed by atoms with Crippen LogP contribution in [0, 0.1) is 11.7 Å². The van der Waals surface area contributed by atoms with Crippen LogP contribution in [0.5, 0.6) is 5.75 Å². The van der Waals surface area contributed by atoms with E-state index in [1.165, 1.54) is 35.9 Å². The summed E-state index contributed by atoms with van der Waals surface area (Å²) in [5.74, 6) is -3.08. The number of primary amides is 1. The number of ether oxygens (including phenoxy) is 2. The molecule has 2 aliphatic heterocycles. The molecule has 1 fully saturated rings. The van der Waals surface area contributed by atoms with Crippen LogP contribution in [0.15, 0.2) is 18.2 Å². The predicted octanol–water partition coefficient (Wildman–Crippen LogP) is 1.77. The van der Waals surface area contributed by atoms with E-state index in [0.717, 1.165) is 6.07 Å². The number of rotatable bonds is 7.